The van der Waals surface area contributed by atoms with E-state index in [1.807, 2.05) is 0 Å². The SMILES string of the molecule is CCCCCCC(CCCCC(C)C)OC(=O)c1ccc(C(=O)O)cc1. The molecule has 1 aromatic carbocycles. The Bertz CT molecular complexity index is 534. The first kappa shape index (κ1) is 22.2. The highest BCUT2D eigenvalue weighted by atomic mass is 16.5. The molecular weight excluding hydrogens is 328 g/mol. The fourth-order valence-corrected chi connectivity index (χ4v) is 2.95. The molecule has 0 saturated heterocycles. The van der Waals surface area contributed by atoms with Crippen molar-refractivity contribution in [1.29, 1.82) is 0 Å². The van der Waals surface area contributed by atoms with Crippen molar-refractivity contribution < 1.29 is 19.4 Å². The fourth-order valence-electron chi connectivity index (χ4n) is 2.95. The molecule has 1 N–H and O–H groups in total. The van der Waals surface area contributed by atoms with Gasteiger partial charge in [0.15, 0.2) is 0 Å². The van der Waals surface area contributed by atoms with E-state index in [4.69, 9.17) is 9.84 Å². The Hall–Kier alpha value is -1.84. The minimum absolute atomic E-state index is 0.0503. The molecular formula is C22H34O4. The number of carbonyl (C=O) groups excluding carboxylic acids is 1. The highest BCUT2D eigenvalue weighted by Crippen LogP contribution is 2.18. The van der Waals surface area contributed by atoms with Gasteiger partial charge in [-0.25, -0.2) is 9.59 Å². The monoisotopic (exact) mass is 362 g/mol. The standard InChI is InChI=1S/C22H34O4/c1-4-5-6-7-11-20(12-9-8-10-17(2)3)26-22(25)19-15-13-18(14-16-19)21(23)24/h13-17,20H,4-12H2,1-3H3,(H,23,24). The van der Waals surface area contributed by atoms with Crippen LogP contribution in [0.2, 0.25) is 0 Å². The van der Waals surface area contributed by atoms with Crippen LogP contribution < -0.4 is 0 Å². The molecule has 0 bridgehead atoms. The number of carboxylic acids is 1. The summed E-state index contributed by atoms with van der Waals surface area (Å²) in [6, 6.07) is 5.94. The van der Waals surface area contributed by atoms with Crippen LogP contribution in [0.1, 0.15) is 99.3 Å². The van der Waals surface area contributed by atoms with Crippen molar-refractivity contribution >= 4 is 11.9 Å². The molecule has 0 radical (unpaired) electrons. The Labute approximate surface area is 158 Å². The molecule has 0 aliphatic heterocycles. The predicted molar refractivity (Wildman–Crippen MR) is 105 cm³/mol. The molecule has 0 spiro atoms. The molecule has 0 aliphatic rings. The lowest BCUT2D eigenvalue weighted by Gasteiger charge is -2.18. The van der Waals surface area contributed by atoms with Gasteiger partial charge in [0.25, 0.3) is 0 Å². The molecule has 1 aromatic rings. The largest absolute Gasteiger partial charge is 0.478 e. The minimum Gasteiger partial charge on any atom is -0.478 e. The molecule has 0 heterocycles. The molecule has 146 valence electrons. The van der Waals surface area contributed by atoms with Crippen molar-refractivity contribution in [1.82, 2.24) is 0 Å². The van der Waals surface area contributed by atoms with Gasteiger partial charge in [-0.3, -0.25) is 0 Å². The molecule has 0 fully saturated rings. The Kier molecular flexibility index (Phi) is 10.7. The third-order valence-corrected chi connectivity index (χ3v) is 4.58. The highest BCUT2D eigenvalue weighted by molar-refractivity contribution is 5.92. The Balaban J connectivity index is 2.57. The second-order valence-corrected chi connectivity index (χ2v) is 7.44. The van der Waals surface area contributed by atoms with Gasteiger partial charge in [0.1, 0.15) is 6.10 Å². The van der Waals surface area contributed by atoms with Crippen LogP contribution in [0.4, 0.5) is 0 Å². The number of rotatable bonds is 13. The van der Waals surface area contributed by atoms with E-state index in [1.54, 1.807) is 0 Å². The molecule has 0 saturated carbocycles. The number of hydrogen-bond donors (Lipinski definition) is 1. The van der Waals surface area contributed by atoms with Gasteiger partial charge in [0.2, 0.25) is 0 Å². The van der Waals surface area contributed by atoms with Gasteiger partial charge >= 0.3 is 11.9 Å². The lowest BCUT2D eigenvalue weighted by atomic mass is 10.0. The van der Waals surface area contributed by atoms with Crippen molar-refractivity contribution in [3.8, 4) is 0 Å². The molecule has 0 amide bonds. The van der Waals surface area contributed by atoms with Crippen LogP contribution in [0.3, 0.4) is 0 Å². The number of benzene rings is 1. The third kappa shape index (κ3) is 9.02. The summed E-state index contributed by atoms with van der Waals surface area (Å²) in [7, 11) is 0. The second kappa shape index (κ2) is 12.5. The molecule has 1 rings (SSSR count). The van der Waals surface area contributed by atoms with E-state index in [-0.39, 0.29) is 17.6 Å². The zero-order chi connectivity index (χ0) is 19.4. The summed E-state index contributed by atoms with van der Waals surface area (Å²) >= 11 is 0. The molecule has 4 heteroatoms. The second-order valence-electron chi connectivity index (χ2n) is 7.44. The van der Waals surface area contributed by atoms with Crippen LogP contribution in [0.5, 0.6) is 0 Å². The molecule has 0 aliphatic carbocycles. The van der Waals surface area contributed by atoms with Crippen molar-refractivity contribution in [3.05, 3.63) is 35.4 Å². The van der Waals surface area contributed by atoms with E-state index in [0.29, 0.717) is 11.5 Å². The van der Waals surface area contributed by atoms with Gasteiger partial charge in [-0.1, -0.05) is 52.9 Å². The summed E-state index contributed by atoms with van der Waals surface area (Å²) in [5.41, 5.74) is 0.585. The van der Waals surface area contributed by atoms with Crippen LogP contribution in [0, 0.1) is 5.92 Å². The summed E-state index contributed by atoms with van der Waals surface area (Å²) in [6.45, 7) is 6.64. The van der Waals surface area contributed by atoms with Crippen LogP contribution in [-0.4, -0.2) is 23.1 Å². The van der Waals surface area contributed by atoms with Crippen LogP contribution in [0.15, 0.2) is 24.3 Å². The highest BCUT2D eigenvalue weighted by Gasteiger charge is 2.16. The average Bonchev–Trinajstić information content (AvgIpc) is 2.61. The third-order valence-electron chi connectivity index (χ3n) is 4.58. The van der Waals surface area contributed by atoms with Gasteiger partial charge < -0.3 is 9.84 Å². The number of aromatic carboxylic acids is 1. The zero-order valence-electron chi connectivity index (χ0n) is 16.5. The van der Waals surface area contributed by atoms with E-state index in [0.717, 1.165) is 32.1 Å². The van der Waals surface area contributed by atoms with E-state index < -0.39 is 5.97 Å². The van der Waals surface area contributed by atoms with Gasteiger partial charge in [-0.2, -0.15) is 0 Å². The van der Waals surface area contributed by atoms with E-state index in [1.165, 1.54) is 49.9 Å². The minimum atomic E-state index is -0.996. The number of carbonyl (C=O) groups is 2. The van der Waals surface area contributed by atoms with E-state index in [9.17, 15) is 9.59 Å². The fraction of sp³-hybridized carbons (Fsp3) is 0.636. The molecule has 1 atom stereocenters. The summed E-state index contributed by atoms with van der Waals surface area (Å²) in [5.74, 6) is -0.650. The van der Waals surface area contributed by atoms with Crippen LogP contribution >= 0.6 is 0 Å². The van der Waals surface area contributed by atoms with E-state index in [2.05, 4.69) is 20.8 Å². The normalized spacial score (nSPS) is 12.2. The molecule has 1 unspecified atom stereocenters. The summed E-state index contributed by atoms with van der Waals surface area (Å²) in [4.78, 5) is 23.3. The predicted octanol–water partition coefficient (Wildman–Crippen LogP) is 6.10. The van der Waals surface area contributed by atoms with Crippen LogP contribution in [0.25, 0.3) is 0 Å². The maximum atomic E-state index is 12.4. The number of esters is 1. The Morgan fingerprint density at radius 2 is 1.42 bits per heavy atom. The first-order valence-electron chi connectivity index (χ1n) is 9.98. The lowest BCUT2D eigenvalue weighted by Crippen LogP contribution is -2.19. The maximum absolute atomic E-state index is 12.4. The summed E-state index contributed by atoms with van der Waals surface area (Å²) in [5, 5.41) is 8.94. The van der Waals surface area contributed by atoms with Gasteiger partial charge in [0, 0.05) is 0 Å². The molecule has 26 heavy (non-hydrogen) atoms. The number of hydrogen-bond acceptors (Lipinski definition) is 3. The Morgan fingerprint density at radius 3 is 1.96 bits per heavy atom. The first-order valence-corrected chi connectivity index (χ1v) is 9.98. The Morgan fingerprint density at radius 1 is 0.885 bits per heavy atom. The number of carboxylic acid groups (broad SMARTS) is 1. The number of unbranched alkanes of at least 4 members (excludes halogenated alkanes) is 4. The smallest absolute Gasteiger partial charge is 0.338 e. The van der Waals surface area contributed by atoms with Gasteiger partial charge in [-0.05, 0) is 55.9 Å². The summed E-state index contributed by atoms with van der Waals surface area (Å²) < 4.78 is 5.74. The van der Waals surface area contributed by atoms with Crippen molar-refractivity contribution in [2.75, 3.05) is 0 Å². The maximum Gasteiger partial charge on any atom is 0.338 e. The lowest BCUT2D eigenvalue weighted by molar-refractivity contribution is 0.0248. The number of ether oxygens (including phenoxy) is 1. The van der Waals surface area contributed by atoms with E-state index >= 15 is 0 Å². The quantitative estimate of drug-likeness (QED) is 0.340. The topological polar surface area (TPSA) is 63.6 Å². The average molecular weight is 363 g/mol. The van der Waals surface area contributed by atoms with Crippen molar-refractivity contribution in [2.45, 2.75) is 84.7 Å². The molecule has 4 nitrogen and oxygen atoms in total. The van der Waals surface area contributed by atoms with Gasteiger partial charge in [0.05, 0.1) is 11.1 Å². The van der Waals surface area contributed by atoms with Gasteiger partial charge in [-0.15, -0.1) is 0 Å². The molecule has 0 aromatic heterocycles. The first-order chi connectivity index (χ1) is 12.4. The zero-order valence-corrected chi connectivity index (χ0v) is 16.5. The van der Waals surface area contributed by atoms with Crippen LogP contribution in [-0.2, 0) is 4.74 Å². The summed E-state index contributed by atoms with van der Waals surface area (Å²) in [6.07, 6.45) is 9.84. The van der Waals surface area contributed by atoms with Crippen molar-refractivity contribution in [3.63, 3.8) is 0 Å². The van der Waals surface area contributed by atoms with Crippen molar-refractivity contribution in [2.24, 2.45) is 5.92 Å².